The molecule has 0 aliphatic carbocycles. The van der Waals surface area contributed by atoms with Crippen molar-refractivity contribution in [2.24, 2.45) is 5.73 Å². The molecular formula is C16H18N5O3S. The zero-order valence-corrected chi connectivity index (χ0v) is 14.2. The number of primary amides is 1. The first-order valence-electron chi connectivity index (χ1n) is 7.65. The Kier molecular flexibility index (Phi) is 7.02. The molecule has 9 heteroatoms. The number of thiazole rings is 1. The van der Waals surface area contributed by atoms with Gasteiger partial charge in [-0.25, -0.2) is 4.98 Å². The second-order valence-electron chi connectivity index (χ2n) is 5.06. The van der Waals surface area contributed by atoms with Gasteiger partial charge in [0.25, 0.3) is 11.8 Å². The van der Waals surface area contributed by atoms with E-state index < -0.39 is 5.91 Å². The van der Waals surface area contributed by atoms with Crippen molar-refractivity contribution >= 4 is 34.2 Å². The zero-order valence-electron chi connectivity index (χ0n) is 13.4. The van der Waals surface area contributed by atoms with Gasteiger partial charge in [-0.1, -0.05) is 12.5 Å². The van der Waals surface area contributed by atoms with Crippen molar-refractivity contribution in [1.29, 1.82) is 0 Å². The highest BCUT2D eigenvalue weighted by Gasteiger charge is 2.10. The summed E-state index contributed by atoms with van der Waals surface area (Å²) in [4.78, 5) is 42.3. The molecule has 2 heterocycles. The van der Waals surface area contributed by atoms with Gasteiger partial charge in [0.1, 0.15) is 11.4 Å². The van der Waals surface area contributed by atoms with E-state index in [9.17, 15) is 14.4 Å². The smallest absolute Gasteiger partial charge is 0.269 e. The minimum atomic E-state index is -0.631. The van der Waals surface area contributed by atoms with Crippen LogP contribution in [0.15, 0.2) is 29.8 Å². The van der Waals surface area contributed by atoms with E-state index in [1.165, 1.54) is 11.8 Å². The van der Waals surface area contributed by atoms with Crippen molar-refractivity contribution in [3.05, 3.63) is 47.6 Å². The number of pyridine rings is 1. The summed E-state index contributed by atoms with van der Waals surface area (Å²) in [5, 5.41) is 7.17. The summed E-state index contributed by atoms with van der Waals surface area (Å²) in [6, 6.07) is 5.15. The van der Waals surface area contributed by atoms with Crippen LogP contribution in [0, 0.1) is 6.42 Å². The normalized spacial score (nSPS) is 10.2. The van der Waals surface area contributed by atoms with Gasteiger partial charge in [-0.15, -0.1) is 11.3 Å². The average Bonchev–Trinajstić information content (AvgIpc) is 3.07. The third kappa shape index (κ3) is 6.30. The number of nitrogens with two attached hydrogens (primary N) is 1. The van der Waals surface area contributed by atoms with Crippen LogP contribution in [-0.2, 0) is 4.79 Å². The fraction of sp³-hybridized carbons (Fsp3) is 0.250. The van der Waals surface area contributed by atoms with Crippen LogP contribution in [0.1, 0.15) is 40.2 Å². The van der Waals surface area contributed by atoms with Crippen molar-refractivity contribution < 1.29 is 14.4 Å². The van der Waals surface area contributed by atoms with E-state index >= 15 is 0 Å². The number of nitrogens with one attached hydrogen (secondary N) is 2. The average molecular weight is 360 g/mol. The van der Waals surface area contributed by atoms with E-state index in [2.05, 4.69) is 20.6 Å². The van der Waals surface area contributed by atoms with Crippen molar-refractivity contribution in [3.8, 4) is 0 Å². The lowest BCUT2D eigenvalue weighted by Crippen LogP contribution is -2.25. The fourth-order valence-corrected chi connectivity index (χ4v) is 2.60. The molecule has 4 N–H and O–H groups in total. The summed E-state index contributed by atoms with van der Waals surface area (Å²) >= 11 is 1.14. The van der Waals surface area contributed by atoms with E-state index in [4.69, 9.17) is 5.73 Å². The number of aromatic nitrogens is 2. The SMILES string of the molecule is NC(=O)c1csc(NC(=O)[CH]CCCCNC(=O)c2ccccn2)n1. The topological polar surface area (TPSA) is 127 Å². The molecule has 0 atom stereocenters. The Labute approximate surface area is 148 Å². The summed E-state index contributed by atoms with van der Waals surface area (Å²) in [6.07, 6.45) is 5.13. The number of hydrogen-bond donors (Lipinski definition) is 3. The van der Waals surface area contributed by atoms with Crippen LogP contribution in [0.4, 0.5) is 5.13 Å². The van der Waals surface area contributed by atoms with E-state index in [0.29, 0.717) is 23.8 Å². The van der Waals surface area contributed by atoms with Crippen LogP contribution in [0.25, 0.3) is 0 Å². The molecule has 0 aromatic carbocycles. The summed E-state index contributed by atoms with van der Waals surface area (Å²) in [7, 11) is 0. The fourth-order valence-electron chi connectivity index (χ4n) is 1.89. The molecule has 3 amide bonds. The molecule has 0 saturated heterocycles. The highest BCUT2D eigenvalue weighted by atomic mass is 32.1. The summed E-state index contributed by atoms with van der Waals surface area (Å²) < 4.78 is 0. The number of hydrogen-bond acceptors (Lipinski definition) is 6. The van der Waals surface area contributed by atoms with Crippen molar-refractivity contribution in [3.63, 3.8) is 0 Å². The number of carbonyl (C=O) groups is 3. The molecule has 0 aliphatic rings. The van der Waals surface area contributed by atoms with Crippen LogP contribution in [0.5, 0.6) is 0 Å². The lowest BCUT2D eigenvalue weighted by atomic mass is 10.2. The van der Waals surface area contributed by atoms with Crippen LogP contribution >= 0.6 is 11.3 Å². The first kappa shape index (κ1) is 18.5. The Bertz CT molecular complexity index is 732. The third-order valence-electron chi connectivity index (χ3n) is 3.13. The first-order chi connectivity index (χ1) is 12.1. The summed E-state index contributed by atoms with van der Waals surface area (Å²) in [5.41, 5.74) is 5.60. The zero-order chi connectivity index (χ0) is 18.1. The Morgan fingerprint density at radius 1 is 1.20 bits per heavy atom. The van der Waals surface area contributed by atoms with Gasteiger partial charge in [-0.05, 0) is 25.0 Å². The molecule has 2 aromatic rings. The lowest BCUT2D eigenvalue weighted by molar-refractivity contribution is -0.113. The van der Waals surface area contributed by atoms with Gasteiger partial charge in [0, 0.05) is 24.5 Å². The molecule has 0 unspecified atom stereocenters. The second kappa shape index (κ2) is 9.48. The molecule has 1 radical (unpaired) electrons. The van der Waals surface area contributed by atoms with E-state index in [-0.39, 0.29) is 17.5 Å². The maximum absolute atomic E-state index is 11.8. The first-order valence-corrected chi connectivity index (χ1v) is 8.53. The molecule has 0 spiro atoms. The van der Waals surface area contributed by atoms with Gasteiger partial charge in [0.15, 0.2) is 5.13 Å². The van der Waals surface area contributed by atoms with Crippen LogP contribution in [-0.4, -0.2) is 34.2 Å². The van der Waals surface area contributed by atoms with Gasteiger partial charge in [-0.3, -0.25) is 19.4 Å². The van der Waals surface area contributed by atoms with E-state index in [1.54, 1.807) is 24.4 Å². The predicted molar refractivity (Wildman–Crippen MR) is 94.0 cm³/mol. The highest BCUT2D eigenvalue weighted by molar-refractivity contribution is 7.14. The van der Waals surface area contributed by atoms with Crippen molar-refractivity contribution in [1.82, 2.24) is 15.3 Å². The van der Waals surface area contributed by atoms with Crippen LogP contribution in [0.2, 0.25) is 0 Å². The predicted octanol–water partition coefficient (Wildman–Crippen LogP) is 1.38. The largest absolute Gasteiger partial charge is 0.364 e. The number of unbranched alkanes of at least 4 members (excludes halogenated alkanes) is 2. The molecule has 8 nitrogen and oxygen atoms in total. The van der Waals surface area contributed by atoms with Crippen LogP contribution < -0.4 is 16.4 Å². The van der Waals surface area contributed by atoms with Crippen LogP contribution in [0.3, 0.4) is 0 Å². The van der Waals surface area contributed by atoms with E-state index in [1.807, 2.05) is 0 Å². The quantitative estimate of drug-likeness (QED) is 0.582. The highest BCUT2D eigenvalue weighted by Crippen LogP contribution is 2.15. The van der Waals surface area contributed by atoms with Gasteiger partial charge in [-0.2, -0.15) is 0 Å². The van der Waals surface area contributed by atoms with Gasteiger partial charge in [0.05, 0.1) is 0 Å². The van der Waals surface area contributed by atoms with Gasteiger partial charge < -0.3 is 16.4 Å². The van der Waals surface area contributed by atoms with Crippen molar-refractivity contribution in [2.75, 3.05) is 11.9 Å². The second-order valence-corrected chi connectivity index (χ2v) is 5.92. The molecule has 0 aliphatic heterocycles. The molecular weight excluding hydrogens is 342 g/mol. The standard InChI is InChI=1S/C16H18N5O3S/c17-14(23)12-10-25-16(20-12)21-13(22)7-2-1-4-9-19-15(24)11-6-3-5-8-18-11/h3,5-8,10H,1-2,4,9H2,(H2,17,23)(H,19,24)(H,20,21,22). The maximum Gasteiger partial charge on any atom is 0.269 e. The number of anilines is 1. The monoisotopic (exact) mass is 360 g/mol. The lowest BCUT2D eigenvalue weighted by Gasteiger charge is -2.04. The molecule has 0 fully saturated rings. The van der Waals surface area contributed by atoms with Gasteiger partial charge in [0.2, 0.25) is 5.91 Å². The molecule has 2 rings (SSSR count). The number of amides is 3. The Morgan fingerprint density at radius 2 is 2.04 bits per heavy atom. The maximum atomic E-state index is 11.8. The third-order valence-corrected chi connectivity index (χ3v) is 3.89. The minimum absolute atomic E-state index is 0.129. The van der Waals surface area contributed by atoms with Crippen molar-refractivity contribution in [2.45, 2.75) is 19.3 Å². The molecule has 0 bridgehead atoms. The molecule has 0 saturated carbocycles. The summed E-state index contributed by atoms with van der Waals surface area (Å²) in [6.45, 7) is 0.513. The minimum Gasteiger partial charge on any atom is -0.364 e. The molecule has 25 heavy (non-hydrogen) atoms. The Morgan fingerprint density at radius 3 is 2.72 bits per heavy atom. The molecule has 131 valence electrons. The van der Waals surface area contributed by atoms with E-state index in [0.717, 1.165) is 24.2 Å². The number of nitrogens with zero attached hydrogens (tertiary/aromatic N) is 2. The summed E-state index contributed by atoms with van der Waals surface area (Å²) in [5.74, 6) is -1.13. The number of rotatable bonds is 9. The Balaban J connectivity index is 1.57. The Hall–Kier alpha value is -2.81. The number of carbonyl (C=O) groups excluding carboxylic acids is 3. The van der Waals surface area contributed by atoms with Gasteiger partial charge >= 0.3 is 0 Å². The molecule has 2 aromatic heterocycles.